The molecule has 0 aromatic heterocycles. The Kier molecular flexibility index (Phi) is 9.12. The molecule has 0 heterocycles. The predicted octanol–water partition coefficient (Wildman–Crippen LogP) is 1.62. The molecule has 0 saturated heterocycles. The number of methoxy groups -OCH3 is 2. The minimum Gasteiger partial charge on any atom is -0.468 e. The van der Waals surface area contributed by atoms with E-state index in [1.807, 2.05) is 12.1 Å². The van der Waals surface area contributed by atoms with Crippen LogP contribution in [0.1, 0.15) is 26.7 Å². The fourth-order valence-corrected chi connectivity index (χ4v) is 1.69. The van der Waals surface area contributed by atoms with E-state index in [1.165, 1.54) is 14.2 Å². The minimum atomic E-state index is -0.892. The third kappa shape index (κ3) is 6.80. The van der Waals surface area contributed by atoms with E-state index in [1.54, 1.807) is 13.8 Å². The van der Waals surface area contributed by atoms with Crippen LogP contribution in [0.3, 0.4) is 0 Å². The van der Waals surface area contributed by atoms with Crippen LogP contribution < -0.4 is 0 Å². The second-order valence-corrected chi connectivity index (χ2v) is 4.81. The molecule has 0 fully saturated rings. The topological polar surface area (TPSA) is 125 Å². The van der Waals surface area contributed by atoms with Crippen LogP contribution in [0.5, 0.6) is 0 Å². The van der Waals surface area contributed by atoms with Crippen LogP contribution in [-0.4, -0.2) is 38.2 Å². The number of esters is 2. The van der Waals surface area contributed by atoms with Gasteiger partial charge >= 0.3 is 11.9 Å². The molecule has 0 aromatic rings. The molecule has 22 heavy (non-hydrogen) atoms. The highest BCUT2D eigenvalue weighted by Gasteiger charge is 2.23. The van der Waals surface area contributed by atoms with E-state index in [9.17, 15) is 9.59 Å². The maximum absolute atomic E-state index is 11.3. The molecule has 0 aliphatic rings. The first kappa shape index (κ1) is 19.5. The summed E-state index contributed by atoms with van der Waals surface area (Å²) in [4.78, 5) is 22.6. The van der Waals surface area contributed by atoms with Gasteiger partial charge in [-0.2, -0.15) is 20.8 Å². The van der Waals surface area contributed by atoms with Gasteiger partial charge in [-0.1, -0.05) is 0 Å². The standard InChI is InChI=1S/C14H20N4O4/c1-9(5-11(7-15)13(19)21-3)17-18-10(2)6-12(8-16)14(20)22-4/h9-12H,5-6H2,1-4H3. The minimum absolute atomic E-state index is 0.193. The Morgan fingerprint density at radius 2 is 1.23 bits per heavy atom. The Morgan fingerprint density at radius 3 is 1.45 bits per heavy atom. The van der Waals surface area contributed by atoms with Crippen LogP contribution in [0.25, 0.3) is 0 Å². The molecule has 0 aliphatic heterocycles. The third-order valence-corrected chi connectivity index (χ3v) is 2.90. The number of ether oxygens (including phenoxy) is 2. The summed E-state index contributed by atoms with van der Waals surface area (Å²) in [6.07, 6.45) is 0.385. The molecular weight excluding hydrogens is 288 g/mol. The van der Waals surface area contributed by atoms with Crippen molar-refractivity contribution in [3.63, 3.8) is 0 Å². The largest absolute Gasteiger partial charge is 0.468 e. The SMILES string of the molecule is COC(=O)C(C#N)CC(C)N=NC(C)CC(C#N)C(=O)OC. The monoisotopic (exact) mass is 308 g/mol. The van der Waals surface area contributed by atoms with Crippen LogP contribution in [0.2, 0.25) is 0 Å². The van der Waals surface area contributed by atoms with E-state index in [0.717, 1.165) is 0 Å². The number of carbonyl (C=O) groups is 2. The van der Waals surface area contributed by atoms with Gasteiger partial charge in [0.15, 0.2) is 0 Å². The Morgan fingerprint density at radius 1 is 0.909 bits per heavy atom. The molecule has 8 nitrogen and oxygen atoms in total. The fraction of sp³-hybridized carbons (Fsp3) is 0.714. The first-order chi connectivity index (χ1) is 10.4. The summed E-state index contributed by atoms with van der Waals surface area (Å²) in [5, 5.41) is 25.8. The fourth-order valence-electron chi connectivity index (χ4n) is 1.69. The van der Waals surface area contributed by atoms with Crippen molar-refractivity contribution in [2.75, 3.05) is 14.2 Å². The number of nitriles is 2. The second kappa shape index (κ2) is 10.3. The van der Waals surface area contributed by atoms with Crippen molar-refractivity contribution in [2.24, 2.45) is 22.1 Å². The van der Waals surface area contributed by atoms with Crippen molar-refractivity contribution in [2.45, 2.75) is 38.8 Å². The Hall–Kier alpha value is -2.48. The third-order valence-electron chi connectivity index (χ3n) is 2.90. The summed E-state index contributed by atoms with van der Waals surface area (Å²) in [6.45, 7) is 3.43. The van der Waals surface area contributed by atoms with Gasteiger partial charge in [0.2, 0.25) is 0 Å². The van der Waals surface area contributed by atoms with Crippen molar-refractivity contribution in [1.29, 1.82) is 10.5 Å². The average Bonchev–Trinajstić information content (AvgIpc) is 2.53. The van der Waals surface area contributed by atoms with Crippen LogP contribution >= 0.6 is 0 Å². The zero-order chi connectivity index (χ0) is 17.1. The van der Waals surface area contributed by atoms with E-state index in [2.05, 4.69) is 19.7 Å². The second-order valence-electron chi connectivity index (χ2n) is 4.81. The van der Waals surface area contributed by atoms with Gasteiger partial charge in [-0.15, -0.1) is 0 Å². The lowest BCUT2D eigenvalue weighted by Crippen LogP contribution is -2.20. The van der Waals surface area contributed by atoms with Crippen molar-refractivity contribution in [3.05, 3.63) is 0 Å². The molecule has 0 N–H and O–H groups in total. The lowest BCUT2D eigenvalue weighted by molar-refractivity contribution is -0.144. The Balaban J connectivity index is 4.52. The number of azo groups is 1. The summed E-state index contributed by atoms with van der Waals surface area (Å²) in [6, 6.07) is 3.00. The number of nitrogens with zero attached hydrogens (tertiary/aromatic N) is 4. The van der Waals surface area contributed by atoms with Crippen molar-refractivity contribution >= 4 is 11.9 Å². The molecule has 4 atom stereocenters. The van der Waals surface area contributed by atoms with E-state index >= 15 is 0 Å². The zero-order valence-corrected chi connectivity index (χ0v) is 13.1. The van der Waals surface area contributed by atoms with E-state index in [4.69, 9.17) is 10.5 Å². The van der Waals surface area contributed by atoms with Gasteiger partial charge in [0.05, 0.1) is 38.4 Å². The van der Waals surface area contributed by atoms with Crippen molar-refractivity contribution < 1.29 is 19.1 Å². The van der Waals surface area contributed by atoms with E-state index in [0.29, 0.717) is 0 Å². The van der Waals surface area contributed by atoms with Gasteiger partial charge in [0.1, 0.15) is 11.8 Å². The molecule has 0 saturated carbocycles. The highest BCUT2D eigenvalue weighted by Crippen LogP contribution is 2.14. The predicted molar refractivity (Wildman–Crippen MR) is 75.3 cm³/mol. The molecule has 0 aromatic carbocycles. The molecular formula is C14H20N4O4. The van der Waals surface area contributed by atoms with Crippen molar-refractivity contribution in [1.82, 2.24) is 0 Å². The van der Waals surface area contributed by atoms with Gasteiger partial charge in [0, 0.05) is 0 Å². The van der Waals surface area contributed by atoms with Crippen LogP contribution in [0.15, 0.2) is 10.2 Å². The van der Waals surface area contributed by atoms with Crippen LogP contribution in [0, 0.1) is 34.5 Å². The summed E-state index contributed by atoms with van der Waals surface area (Å²) in [5.74, 6) is -2.99. The Labute approximate surface area is 129 Å². The highest BCUT2D eigenvalue weighted by atomic mass is 16.5. The highest BCUT2D eigenvalue weighted by molar-refractivity contribution is 5.75. The van der Waals surface area contributed by atoms with Crippen LogP contribution in [-0.2, 0) is 19.1 Å². The summed E-state index contributed by atoms with van der Waals surface area (Å²) < 4.78 is 9.03. The summed E-state index contributed by atoms with van der Waals surface area (Å²) in [5.41, 5.74) is 0. The summed E-state index contributed by atoms with van der Waals surface area (Å²) in [7, 11) is 2.44. The molecule has 4 unspecified atom stereocenters. The van der Waals surface area contributed by atoms with Crippen LogP contribution in [0.4, 0.5) is 0 Å². The molecule has 0 rings (SSSR count). The van der Waals surface area contributed by atoms with Gasteiger partial charge in [-0.25, -0.2) is 0 Å². The number of rotatable bonds is 8. The number of hydrogen-bond donors (Lipinski definition) is 0. The first-order valence-electron chi connectivity index (χ1n) is 6.74. The van der Waals surface area contributed by atoms with Gasteiger partial charge in [-0.05, 0) is 26.7 Å². The lowest BCUT2D eigenvalue weighted by atomic mass is 10.0. The molecule has 0 spiro atoms. The molecule has 120 valence electrons. The number of hydrogen-bond acceptors (Lipinski definition) is 8. The van der Waals surface area contributed by atoms with Crippen molar-refractivity contribution in [3.8, 4) is 12.1 Å². The maximum atomic E-state index is 11.3. The van der Waals surface area contributed by atoms with Gasteiger partial charge in [-0.3, -0.25) is 9.59 Å². The molecule has 0 bridgehead atoms. The first-order valence-corrected chi connectivity index (χ1v) is 6.74. The summed E-state index contributed by atoms with van der Waals surface area (Å²) >= 11 is 0. The van der Waals surface area contributed by atoms with Gasteiger partial charge in [0.25, 0.3) is 0 Å². The lowest BCUT2D eigenvalue weighted by Gasteiger charge is -2.12. The Bertz CT molecular complexity index is 448. The molecule has 0 amide bonds. The normalized spacial score (nSPS) is 15.9. The smallest absolute Gasteiger partial charge is 0.323 e. The number of carbonyl (C=O) groups excluding carboxylic acids is 2. The molecule has 0 radical (unpaired) electrons. The molecule has 8 heteroatoms. The van der Waals surface area contributed by atoms with Gasteiger partial charge < -0.3 is 9.47 Å². The van der Waals surface area contributed by atoms with E-state index < -0.39 is 23.8 Å². The molecule has 0 aliphatic carbocycles. The maximum Gasteiger partial charge on any atom is 0.323 e. The quantitative estimate of drug-likeness (QED) is 0.495. The van der Waals surface area contributed by atoms with E-state index in [-0.39, 0.29) is 24.9 Å². The average molecular weight is 308 g/mol. The zero-order valence-electron chi connectivity index (χ0n) is 13.1.